The molecule has 6 heteroatoms. The number of fused-ring (bicyclic) bond motifs is 2. The zero-order valence-electron chi connectivity index (χ0n) is 15.3. The van der Waals surface area contributed by atoms with Gasteiger partial charge >= 0.3 is 0 Å². The monoisotopic (exact) mass is 368 g/mol. The highest BCUT2D eigenvalue weighted by Crippen LogP contribution is 2.27. The molecule has 0 saturated carbocycles. The fraction of sp³-hybridized carbons (Fsp3) is 0.250. The summed E-state index contributed by atoms with van der Waals surface area (Å²) in [6, 6.07) is 8.11. The van der Waals surface area contributed by atoms with Gasteiger partial charge in [0.25, 0.3) is 0 Å². The molecule has 0 amide bonds. The number of halogens is 1. The van der Waals surface area contributed by atoms with Crippen molar-refractivity contribution in [2.24, 2.45) is 0 Å². The Kier molecular flexibility index (Phi) is 5.38. The molecule has 0 bridgehead atoms. The topological polar surface area (TPSA) is 52.8 Å². The lowest BCUT2D eigenvalue weighted by atomic mass is 10.1. The second-order valence-electron chi connectivity index (χ2n) is 5.70. The smallest absolute Gasteiger partial charge is 0.226 e. The van der Waals surface area contributed by atoms with Gasteiger partial charge in [-0.3, -0.25) is 4.98 Å². The average molecular weight is 369 g/mol. The molecule has 26 heavy (non-hydrogen) atoms. The number of methoxy groups -OCH3 is 1. The van der Waals surface area contributed by atoms with Gasteiger partial charge in [0.15, 0.2) is 0 Å². The molecule has 0 aliphatic rings. The van der Waals surface area contributed by atoms with E-state index in [0.717, 1.165) is 33.1 Å². The van der Waals surface area contributed by atoms with E-state index in [4.69, 9.17) is 16.3 Å². The largest absolute Gasteiger partial charge is 0.480 e. The van der Waals surface area contributed by atoms with Crippen LogP contribution in [0.1, 0.15) is 25.0 Å². The molecule has 0 aliphatic carbocycles. The van der Waals surface area contributed by atoms with Crippen LogP contribution in [0.4, 0.5) is 0 Å². The van der Waals surface area contributed by atoms with Crippen LogP contribution in [0, 0.1) is 6.92 Å². The van der Waals surface area contributed by atoms with Gasteiger partial charge in [0.1, 0.15) is 12.0 Å². The molecular weight excluding hydrogens is 348 g/mol. The minimum atomic E-state index is 0.603. The fourth-order valence-electron chi connectivity index (χ4n) is 3.01. The van der Waals surface area contributed by atoms with Crippen LogP contribution < -0.4 is 4.74 Å². The zero-order valence-corrected chi connectivity index (χ0v) is 16.1. The number of ether oxygens (including phenoxy) is 1. The molecule has 0 atom stereocenters. The van der Waals surface area contributed by atoms with Gasteiger partial charge in [0.2, 0.25) is 5.88 Å². The van der Waals surface area contributed by atoms with Crippen molar-refractivity contribution in [2.45, 2.75) is 27.3 Å². The maximum Gasteiger partial charge on any atom is 0.226 e. The normalized spacial score (nSPS) is 10.7. The minimum Gasteiger partial charge on any atom is -0.480 e. The van der Waals surface area contributed by atoms with Gasteiger partial charge < -0.3 is 9.30 Å². The van der Waals surface area contributed by atoms with Crippen molar-refractivity contribution >= 4 is 33.5 Å². The number of pyridine rings is 1. The Morgan fingerprint density at radius 3 is 2.69 bits per heavy atom. The average Bonchev–Trinajstić information content (AvgIpc) is 2.99. The third-order valence-corrected chi connectivity index (χ3v) is 4.27. The Morgan fingerprint density at radius 1 is 1.12 bits per heavy atom. The summed E-state index contributed by atoms with van der Waals surface area (Å²) >= 11 is 6.05. The molecule has 3 aromatic heterocycles. The van der Waals surface area contributed by atoms with E-state index in [0.29, 0.717) is 17.4 Å². The lowest BCUT2D eigenvalue weighted by Crippen LogP contribution is -2.00. The van der Waals surface area contributed by atoms with Crippen molar-refractivity contribution in [3.63, 3.8) is 0 Å². The number of rotatable bonds is 3. The summed E-state index contributed by atoms with van der Waals surface area (Å²) in [5.41, 5.74) is 4.04. The van der Waals surface area contributed by atoms with Crippen LogP contribution >= 0.6 is 11.6 Å². The first-order valence-electron chi connectivity index (χ1n) is 8.54. The maximum atomic E-state index is 6.05. The molecular formula is C20H21ClN4O. The summed E-state index contributed by atoms with van der Waals surface area (Å²) in [5.74, 6) is 0.603. The minimum absolute atomic E-state index is 0.603. The van der Waals surface area contributed by atoms with Gasteiger partial charge in [-0.15, -0.1) is 0 Å². The van der Waals surface area contributed by atoms with Crippen molar-refractivity contribution in [1.82, 2.24) is 19.5 Å². The molecule has 1 aromatic carbocycles. The summed E-state index contributed by atoms with van der Waals surface area (Å²) in [6.45, 7) is 6.74. The fourth-order valence-corrected chi connectivity index (χ4v) is 3.17. The van der Waals surface area contributed by atoms with E-state index >= 15 is 0 Å². The van der Waals surface area contributed by atoms with Crippen LogP contribution in [0.3, 0.4) is 0 Å². The van der Waals surface area contributed by atoms with E-state index in [1.165, 1.54) is 6.33 Å². The number of benzene rings is 1. The molecule has 3 heterocycles. The second-order valence-corrected chi connectivity index (χ2v) is 6.14. The van der Waals surface area contributed by atoms with Crippen molar-refractivity contribution in [3.05, 3.63) is 59.1 Å². The summed E-state index contributed by atoms with van der Waals surface area (Å²) < 4.78 is 7.46. The summed E-state index contributed by atoms with van der Waals surface area (Å²) in [7, 11) is 1.62. The van der Waals surface area contributed by atoms with Crippen LogP contribution in [0.25, 0.3) is 21.9 Å². The van der Waals surface area contributed by atoms with Gasteiger partial charge in [0, 0.05) is 24.3 Å². The van der Waals surface area contributed by atoms with E-state index in [1.807, 2.05) is 32.9 Å². The molecule has 4 aromatic rings. The lowest BCUT2D eigenvalue weighted by molar-refractivity contribution is 0.402. The first kappa shape index (κ1) is 18.1. The van der Waals surface area contributed by atoms with Gasteiger partial charge in [-0.25, -0.2) is 9.97 Å². The summed E-state index contributed by atoms with van der Waals surface area (Å²) in [6.07, 6.45) is 5.26. The first-order chi connectivity index (χ1) is 12.7. The molecule has 0 spiro atoms. The molecule has 0 unspecified atom stereocenters. The number of aryl methyl sites for hydroxylation is 1. The Labute approximate surface area is 157 Å². The van der Waals surface area contributed by atoms with Crippen LogP contribution in [-0.2, 0) is 6.54 Å². The summed E-state index contributed by atoms with van der Waals surface area (Å²) in [4.78, 5) is 12.9. The second kappa shape index (κ2) is 7.70. The Hall–Kier alpha value is -2.66. The number of hydrogen-bond donors (Lipinski definition) is 0. The SMILES string of the molecule is CC.COc1ncnc2c1c(C)cn2Cc1ccc2ncc(Cl)cc2c1. The Bertz CT molecular complexity index is 1060. The number of hydrogen-bond acceptors (Lipinski definition) is 4. The van der Waals surface area contributed by atoms with Crippen molar-refractivity contribution in [1.29, 1.82) is 0 Å². The molecule has 5 nitrogen and oxygen atoms in total. The Balaban J connectivity index is 0.000000948. The van der Waals surface area contributed by atoms with Crippen molar-refractivity contribution in [2.75, 3.05) is 7.11 Å². The number of aromatic nitrogens is 4. The van der Waals surface area contributed by atoms with Crippen molar-refractivity contribution in [3.8, 4) is 5.88 Å². The van der Waals surface area contributed by atoms with Crippen LogP contribution in [0.15, 0.2) is 43.0 Å². The van der Waals surface area contributed by atoms with Crippen LogP contribution in [0.5, 0.6) is 5.88 Å². The van der Waals surface area contributed by atoms with E-state index in [9.17, 15) is 0 Å². The van der Waals surface area contributed by atoms with E-state index in [1.54, 1.807) is 13.3 Å². The first-order valence-corrected chi connectivity index (χ1v) is 8.92. The third-order valence-electron chi connectivity index (χ3n) is 4.07. The third kappa shape index (κ3) is 3.35. The predicted octanol–water partition coefficient (Wildman–Crippen LogP) is 5.02. The lowest BCUT2D eigenvalue weighted by Gasteiger charge is -2.07. The van der Waals surface area contributed by atoms with E-state index in [2.05, 4.69) is 37.8 Å². The molecule has 4 rings (SSSR count). The van der Waals surface area contributed by atoms with Crippen LogP contribution in [-0.4, -0.2) is 26.6 Å². The Morgan fingerprint density at radius 2 is 1.92 bits per heavy atom. The van der Waals surface area contributed by atoms with E-state index < -0.39 is 0 Å². The molecule has 0 aliphatic heterocycles. The zero-order chi connectivity index (χ0) is 18.7. The highest BCUT2D eigenvalue weighted by atomic mass is 35.5. The van der Waals surface area contributed by atoms with E-state index in [-0.39, 0.29) is 0 Å². The molecule has 0 saturated heterocycles. The molecule has 134 valence electrons. The highest BCUT2D eigenvalue weighted by Gasteiger charge is 2.13. The standard InChI is InChI=1S/C18H15ClN4O.C2H6/c1-11-8-23(17-16(11)18(24-2)22-10-21-17)9-12-3-4-15-13(5-12)6-14(19)7-20-15;1-2/h3-8,10H,9H2,1-2H3;1-2H3. The predicted molar refractivity (Wildman–Crippen MR) is 106 cm³/mol. The van der Waals surface area contributed by atoms with Gasteiger partial charge in [-0.1, -0.05) is 31.5 Å². The maximum absolute atomic E-state index is 6.05. The number of nitrogens with zero attached hydrogens (tertiary/aromatic N) is 4. The van der Waals surface area contributed by atoms with Crippen molar-refractivity contribution < 1.29 is 4.74 Å². The molecule has 0 N–H and O–H groups in total. The molecule has 0 fully saturated rings. The van der Waals surface area contributed by atoms with Gasteiger partial charge in [-0.2, -0.15) is 0 Å². The molecule has 0 radical (unpaired) electrons. The van der Waals surface area contributed by atoms with Crippen LogP contribution in [0.2, 0.25) is 5.02 Å². The quantitative estimate of drug-likeness (QED) is 0.509. The summed E-state index contributed by atoms with van der Waals surface area (Å²) in [5, 5.41) is 2.62. The van der Waals surface area contributed by atoms with Gasteiger partial charge in [-0.05, 0) is 36.2 Å². The highest BCUT2D eigenvalue weighted by molar-refractivity contribution is 6.31. The van der Waals surface area contributed by atoms with Gasteiger partial charge in [0.05, 0.1) is 23.0 Å².